The number of carbonyl (C=O) groups is 1. The van der Waals surface area contributed by atoms with Crippen molar-refractivity contribution in [3.63, 3.8) is 0 Å². The van der Waals surface area contributed by atoms with Gasteiger partial charge in [-0.05, 0) is 43.9 Å². The SMILES string of the molecule is COC(=O)c1cc(Cl)ccc1OC1CCC(OC)CC1. The van der Waals surface area contributed by atoms with Crippen molar-refractivity contribution >= 4 is 17.6 Å². The van der Waals surface area contributed by atoms with E-state index < -0.39 is 5.97 Å². The molecule has 4 nitrogen and oxygen atoms in total. The van der Waals surface area contributed by atoms with Gasteiger partial charge in [0.25, 0.3) is 0 Å². The molecule has 110 valence electrons. The Morgan fingerprint density at radius 2 is 1.80 bits per heavy atom. The highest BCUT2D eigenvalue weighted by molar-refractivity contribution is 6.31. The number of hydrogen-bond donors (Lipinski definition) is 0. The second kappa shape index (κ2) is 6.95. The summed E-state index contributed by atoms with van der Waals surface area (Å²) in [4.78, 5) is 11.7. The highest BCUT2D eigenvalue weighted by Gasteiger charge is 2.24. The fraction of sp³-hybridized carbons (Fsp3) is 0.533. The molecule has 0 aromatic heterocycles. The summed E-state index contributed by atoms with van der Waals surface area (Å²) in [6.45, 7) is 0. The van der Waals surface area contributed by atoms with Crippen molar-refractivity contribution in [1.82, 2.24) is 0 Å². The van der Waals surface area contributed by atoms with Gasteiger partial charge in [0.1, 0.15) is 11.3 Å². The van der Waals surface area contributed by atoms with Crippen molar-refractivity contribution in [2.45, 2.75) is 37.9 Å². The molecule has 0 bridgehead atoms. The van der Waals surface area contributed by atoms with Gasteiger partial charge >= 0.3 is 5.97 Å². The van der Waals surface area contributed by atoms with Crippen LogP contribution in [0.1, 0.15) is 36.0 Å². The lowest BCUT2D eigenvalue weighted by molar-refractivity contribution is 0.0317. The topological polar surface area (TPSA) is 44.8 Å². The first-order valence-corrected chi connectivity index (χ1v) is 7.09. The third-order valence-electron chi connectivity index (χ3n) is 3.60. The molecule has 0 radical (unpaired) electrons. The summed E-state index contributed by atoms with van der Waals surface area (Å²) in [5.74, 6) is 0.0928. The van der Waals surface area contributed by atoms with Crippen LogP contribution < -0.4 is 4.74 Å². The van der Waals surface area contributed by atoms with Gasteiger partial charge < -0.3 is 14.2 Å². The average molecular weight is 299 g/mol. The predicted octanol–water partition coefficient (Wildman–Crippen LogP) is 3.46. The average Bonchev–Trinajstić information content (AvgIpc) is 2.49. The van der Waals surface area contributed by atoms with E-state index in [2.05, 4.69) is 0 Å². The van der Waals surface area contributed by atoms with E-state index in [4.69, 9.17) is 25.8 Å². The van der Waals surface area contributed by atoms with Gasteiger partial charge in [-0.25, -0.2) is 4.79 Å². The third kappa shape index (κ3) is 3.64. The summed E-state index contributed by atoms with van der Waals surface area (Å²) in [6, 6.07) is 5.00. The first kappa shape index (κ1) is 15.1. The minimum atomic E-state index is -0.437. The largest absolute Gasteiger partial charge is 0.490 e. The molecular formula is C15H19ClO4. The number of rotatable bonds is 4. The van der Waals surface area contributed by atoms with Gasteiger partial charge in [0.05, 0.1) is 19.3 Å². The Morgan fingerprint density at radius 1 is 1.15 bits per heavy atom. The Balaban J connectivity index is 2.07. The zero-order valence-corrected chi connectivity index (χ0v) is 12.5. The Morgan fingerprint density at radius 3 is 2.40 bits per heavy atom. The Labute approximate surface area is 124 Å². The van der Waals surface area contributed by atoms with Crippen LogP contribution in [-0.2, 0) is 9.47 Å². The Hall–Kier alpha value is -1.26. The lowest BCUT2D eigenvalue weighted by Crippen LogP contribution is -2.28. The highest BCUT2D eigenvalue weighted by atomic mass is 35.5. The maximum Gasteiger partial charge on any atom is 0.341 e. The van der Waals surface area contributed by atoms with E-state index in [-0.39, 0.29) is 6.10 Å². The number of halogens is 1. The molecule has 0 N–H and O–H groups in total. The van der Waals surface area contributed by atoms with Crippen LogP contribution in [0.25, 0.3) is 0 Å². The van der Waals surface area contributed by atoms with Crippen molar-refractivity contribution < 1.29 is 19.0 Å². The number of carbonyl (C=O) groups excluding carboxylic acids is 1. The maximum atomic E-state index is 11.7. The summed E-state index contributed by atoms with van der Waals surface area (Å²) in [6.07, 6.45) is 4.21. The van der Waals surface area contributed by atoms with Gasteiger partial charge in [0.15, 0.2) is 0 Å². The van der Waals surface area contributed by atoms with E-state index in [0.717, 1.165) is 25.7 Å². The fourth-order valence-electron chi connectivity index (χ4n) is 2.44. The zero-order valence-electron chi connectivity index (χ0n) is 11.7. The molecule has 1 aromatic rings. The molecule has 20 heavy (non-hydrogen) atoms. The molecule has 0 unspecified atom stereocenters. The van der Waals surface area contributed by atoms with Crippen molar-refractivity contribution in [3.05, 3.63) is 28.8 Å². The molecule has 0 saturated heterocycles. The quantitative estimate of drug-likeness (QED) is 0.799. The third-order valence-corrected chi connectivity index (χ3v) is 3.83. The molecule has 0 aliphatic heterocycles. The summed E-state index contributed by atoms with van der Waals surface area (Å²) in [5, 5.41) is 0.487. The number of ether oxygens (including phenoxy) is 3. The second-order valence-electron chi connectivity index (χ2n) is 4.88. The van der Waals surface area contributed by atoms with Crippen LogP contribution in [0.5, 0.6) is 5.75 Å². The van der Waals surface area contributed by atoms with Gasteiger partial charge in [0, 0.05) is 12.1 Å². The minimum absolute atomic E-state index is 0.103. The lowest BCUT2D eigenvalue weighted by Gasteiger charge is -2.28. The number of esters is 1. The van der Waals surface area contributed by atoms with Crippen molar-refractivity contribution in [2.75, 3.05) is 14.2 Å². The summed E-state index contributed by atoms with van der Waals surface area (Å²) < 4.78 is 16.0. The number of methoxy groups -OCH3 is 2. The molecule has 0 amide bonds. The standard InChI is InChI=1S/C15H19ClO4/c1-18-11-4-6-12(7-5-11)20-14-8-3-10(16)9-13(14)15(17)19-2/h3,8-9,11-12H,4-7H2,1-2H3. The Kier molecular flexibility index (Phi) is 5.26. The molecule has 0 spiro atoms. The zero-order chi connectivity index (χ0) is 14.5. The van der Waals surface area contributed by atoms with Crippen LogP contribution in [0.15, 0.2) is 18.2 Å². The number of hydrogen-bond acceptors (Lipinski definition) is 4. The molecule has 1 saturated carbocycles. The highest BCUT2D eigenvalue weighted by Crippen LogP contribution is 2.29. The van der Waals surface area contributed by atoms with Gasteiger partial charge in [-0.3, -0.25) is 0 Å². The predicted molar refractivity (Wildman–Crippen MR) is 76.5 cm³/mol. The van der Waals surface area contributed by atoms with Gasteiger partial charge in [-0.2, -0.15) is 0 Å². The molecule has 2 rings (SSSR count). The van der Waals surface area contributed by atoms with Crippen LogP contribution >= 0.6 is 11.6 Å². The van der Waals surface area contributed by atoms with Crippen molar-refractivity contribution in [2.24, 2.45) is 0 Å². The molecule has 1 aromatic carbocycles. The van der Waals surface area contributed by atoms with Gasteiger partial charge in [-0.1, -0.05) is 11.6 Å². The molecule has 1 aliphatic carbocycles. The molecule has 1 aliphatic rings. The Bertz CT molecular complexity index is 467. The van der Waals surface area contributed by atoms with Crippen LogP contribution in [0, 0.1) is 0 Å². The molecule has 5 heteroatoms. The lowest BCUT2D eigenvalue weighted by atomic mass is 9.95. The van der Waals surface area contributed by atoms with Crippen LogP contribution in [-0.4, -0.2) is 32.4 Å². The first-order valence-electron chi connectivity index (χ1n) is 6.71. The maximum absolute atomic E-state index is 11.7. The molecule has 0 atom stereocenters. The van der Waals surface area contributed by atoms with E-state index >= 15 is 0 Å². The minimum Gasteiger partial charge on any atom is -0.490 e. The van der Waals surface area contributed by atoms with E-state index in [0.29, 0.717) is 22.4 Å². The van der Waals surface area contributed by atoms with E-state index in [1.54, 1.807) is 25.3 Å². The molecule has 0 heterocycles. The van der Waals surface area contributed by atoms with Crippen LogP contribution in [0.3, 0.4) is 0 Å². The van der Waals surface area contributed by atoms with Crippen molar-refractivity contribution in [3.8, 4) is 5.75 Å². The van der Waals surface area contributed by atoms with Crippen LogP contribution in [0.2, 0.25) is 5.02 Å². The van der Waals surface area contributed by atoms with E-state index in [9.17, 15) is 4.79 Å². The smallest absolute Gasteiger partial charge is 0.341 e. The van der Waals surface area contributed by atoms with Crippen molar-refractivity contribution in [1.29, 1.82) is 0 Å². The summed E-state index contributed by atoms with van der Waals surface area (Å²) in [5.41, 5.74) is 0.369. The fourth-order valence-corrected chi connectivity index (χ4v) is 2.61. The summed E-state index contributed by atoms with van der Waals surface area (Å²) in [7, 11) is 3.08. The van der Waals surface area contributed by atoms with Gasteiger partial charge in [-0.15, -0.1) is 0 Å². The normalized spacial score (nSPS) is 22.4. The molecular weight excluding hydrogens is 280 g/mol. The summed E-state index contributed by atoms with van der Waals surface area (Å²) >= 11 is 5.92. The van der Waals surface area contributed by atoms with E-state index in [1.165, 1.54) is 7.11 Å². The molecule has 1 fully saturated rings. The van der Waals surface area contributed by atoms with E-state index in [1.807, 2.05) is 0 Å². The monoisotopic (exact) mass is 298 g/mol. The number of benzene rings is 1. The first-order chi connectivity index (χ1) is 9.63. The van der Waals surface area contributed by atoms with Gasteiger partial charge in [0.2, 0.25) is 0 Å². The second-order valence-corrected chi connectivity index (χ2v) is 5.32. The van der Waals surface area contributed by atoms with Crippen LogP contribution in [0.4, 0.5) is 0 Å².